The van der Waals surface area contributed by atoms with E-state index in [4.69, 9.17) is 52.1 Å². The molecule has 0 amide bonds. The van der Waals surface area contributed by atoms with Crippen LogP contribution in [-0.4, -0.2) is 47.8 Å². The molecule has 10 heteroatoms. The normalized spacial score (nSPS) is 11.0. The fourth-order valence-electron chi connectivity index (χ4n) is 6.85. The van der Waals surface area contributed by atoms with Crippen LogP contribution in [0, 0.1) is 0 Å². The first-order chi connectivity index (χ1) is 27.4. The Morgan fingerprint density at radius 1 is 0.393 bits per heavy atom. The molecule has 2 heterocycles. The highest BCUT2D eigenvalue weighted by atomic mass is 35.5. The highest BCUT2D eigenvalue weighted by molar-refractivity contribution is 6.33. The molecule has 0 fully saturated rings. The summed E-state index contributed by atoms with van der Waals surface area (Å²) < 4.78 is 27.2. The van der Waals surface area contributed by atoms with Gasteiger partial charge in [-0.1, -0.05) is 96.0 Å². The summed E-state index contributed by atoms with van der Waals surface area (Å²) in [5.41, 5.74) is 7.51. The lowest BCUT2D eigenvalue weighted by Gasteiger charge is -2.21. The van der Waals surface area contributed by atoms with Crippen LogP contribution in [0.3, 0.4) is 0 Å². The maximum atomic E-state index is 7.11. The van der Waals surface area contributed by atoms with Gasteiger partial charge >= 0.3 is 0 Å². The van der Waals surface area contributed by atoms with Crippen LogP contribution in [0.1, 0.15) is 0 Å². The molecule has 56 heavy (non-hydrogen) atoms. The molecule has 0 saturated heterocycles. The number of benzene rings is 6. The van der Waals surface area contributed by atoms with Gasteiger partial charge in [0.05, 0.1) is 61.3 Å². The molecule has 0 spiro atoms. The highest BCUT2D eigenvalue weighted by Crippen LogP contribution is 2.45. The quantitative estimate of drug-likeness (QED) is 0.130. The molecule has 0 aliphatic rings. The van der Waals surface area contributed by atoms with Crippen molar-refractivity contribution in [3.8, 4) is 90.8 Å². The standard InChI is InChI=1S/C46H36Cl2N4O4/c1-53-33-17-9-13-29(25-33)41-43(31-15-11-19-35(27-31)55-3)51(45(49-41)37-21-5-7-23-39(37)47)52-44(32-16-12-20-36(28-32)56-4)42(30-14-10-18-34(26-30)54-2)50-46(52)38-22-6-8-24-40(38)48/h5-28H,1-4H3. The topological polar surface area (TPSA) is 72.6 Å². The first-order valence-electron chi connectivity index (χ1n) is 17.8. The Kier molecular flexibility index (Phi) is 10.2. The zero-order valence-electron chi connectivity index (χ0n) is 31.0. The lowest BCUT2D eigenvalue weighted by Crippen LogP contribution is -2.16. The molecular formula is C46H36Cl2N4O4. The van der Waals surface area contributed by atoms with Gasteiger partial charge in [0.2, 0.25) is 0 Å². The van der Waals surface area contributed by atoms with Crippen molar-refractivity contribution in [1.82, 2.24) is 19.3 Å². The van der Waals surface area contributed by atoms with Gasteiger partial charge in [-0.25, -0.2) is 19.3 Å². The summed E-state index contributed by atoms with van der Waals surface area (Å²) in [5.74, 6) is 3.83. The molecule has 0 aliphatic heterocycles. The molecule has 278 valence electrons. The summed E-state index contributed by atoms with van der Waals surface area (Å²) in [6, 6.07) is 46.9. The molecule has 2 aromatic heterocycles. The number of nitrogens with zero attached hydrogens (tertiary/aromatic N) is 4. The lowest BCUT2D eigenvalue weighted by molar-refractivity contribution is 0.414. The molecule has 0 N–H and O–H groups in total. The Bertz CT molecular complexity index is 2520. The number of halogens is 2. The van der Waals surface area contributed by atoms with Gasteiger partial charge in [-0.05, 0) is 72.8 Å². The average Bonchev–Trinajstić information content (AvgIpc) is 3.83. The molecule has 0 atom stereocenters. The SMILES string of the molecule is COc1cccc(-c2nc(-c3ccccc3Cl)n(-n3c(-c4ccccc4Cl)nc(-c4cccc(OC)c4)c3-c3cccc(OC)c3)c2-c2cccc(OC)c2)c1. The van der Waals surface area contributed by atoms with E-state index in [-0.39, 0.29) is 0 Å². The van der Waals surface area contributed by atoms with Crippen molar-refractivity contribution in [2.45, 2.75) is 0 Å². The number of ether oxygens (including phenoxy) is 4. The number of hydrogen-bond acceptors (Lipinski definition) is 6. The predicted molar refractivity (Wildman–Crippen MR) is 224 cm³/mol. The van der Waals surface area contributed by atoms with Crippen LogP contribution in [-0.2, 0) is 0 Å². The van der Waals surface area contributed by atoms with Crippen LogP contribution in [0.5, 0.6) is 23.0 Å². The third-order valence-corrected chi connectivity index (χ3v) is 10.2. The van der Waals surface area contributed by atoms with Gasteiger partial charge in [-0.15, -0.1) is 0 Å². The molecule has 8 aromatic rings. The van der Waals surface area contributed by atoms with E-state index < -0.39 is 0 Å². The minimum absolute atomic E-state index is 0.517. The van der Waals surface area contributed by atoms with Crippen molar-refractivity contribution >= 4 is 23.2 Å². The molecule has 0 radical (unpaired) electrons. The molecule has 0 saturated carbocycles. The van der Waals surface area contributed by atoms with E-state index in [2.05, 4.69) is 9.35 Å². The number of hydrogen-bond donors (Lipinski definition) is 0. The van der Waals surface area contributed by atoms with Crippen LogP contribution >= 0.6 is 23.2 Å². The second-order valence-corrected chi connectivity index (χ2v) is 13.6. The molecule has 0 unspecified atom stereocenters. The summed E-state index contributed by atoms with van der Waals surface area (Å²) in [6.45, 7) is 0. The average molecular weight is 780 g/mol. The number of rotatable bonds is 11. The van der Waals surface area contributed by atoms with E-state index in [0.29, 0.717) is 67.2 Å². The van der Waals surface area contributed by atoms with Crippen molar-refractivity contribution < 1.29 is 18.9 Å². The maximum Gasteiger partial charge on any atom is 0.162 e. The Balaban J connectivity index is 1.63. The van der Waals surface area contributed by atoms with Crippen molar-refractivity contribution in [3.63, 3.8) is 0 Å². The van der Waals surface area contributed by atoms with Crippen molar-refractivity contribution in [2.75, 3.05) is 28.4 Å². The van der Waals surface area contributed by atoms with E-state index >= 15 is 0 Å². The van der Waals surface area contributed by atoms with Gasteiger partial charge in [0.15, 0.2) is 11.6 Å². The van der Waals surface area contributed by atoms with Gasteiger partial charge in [-0.2, -0.15) is 0 Å². The molecule has 0 bridgehead atoms. The minimum Gasteiger partial charge on any atom is -0.497 e. The van der Waals surface area contributed by atoms with Gasteiger partial charge < -0.3 is 18.9 Å². The van der Waals surface area contributed by atoms with E-state index in [1.54, 1.807) is 28.4 Å². The van der Waals surface area contributed by atoms with E-state index in [1.165, 1.54) is 0 Å². The van der Waals surface area contributed by atoms with Crippen LogP contribution in [0.4, 0.5) is 0 Å². The Labute approximate surface area is 335 Å². The van der Waals surface area contributed by atoms with E-state index in [1.807, 2.05) is 146 Å². The number of imidazole rings is 2. The molecule has 8 nitrogen and oxygen atoms in total. The fraction of sp³-hybridized carbons (Fsp3) is 0.0870. The first kappa shape index (κ1) is 36.5. The van der Waals surface area contributed by atoms with Gasteiger partial charge in [0.25, 0.3) is 0 Å². The predicted octanol–water partition coefficient (Wildman–Crippen LogP) is 11.7. The highest BCUT2D eigenvalue weighted by Gasteiger charge is 2.31. The molecular weight excluding hydrogens is 743 g/mol. The van der Waals surface area contributed by atoms with E-state index in [9.17, 15) is 0 Å². The largest absolute Gasteiger partial charge is 0.497 e. The van der Waals surface area contributed by atoms with E-state index in [0.717, 1.165) is 33.6 Å². The minimum atomic E-state index is 0.517. The van der Waals surface area contributed by atoms with Gasteiger partial charge in [0, 0.05) is 33.4 Å². The van der Waals surface area contributed by atoms with Crippen LogP contribution in [0.2, 0.25) is 10.0 Å². The summed E-state index contributed by atoms with van der Waals surface area (Å²) in [5, 5.41) is 1.03. The monoisotopic (exact) mass is 778 g/mol. The van der Waals surface area contributed by atoms with Gasteiger partial charge in [0.1, 0.15) is 23.0 Å². The van der Waals surface area contributed by atoms with Crippen LogP contribution in [0.25, 0.3) is 67.8 Å². The van der Waals surface area contributed by atoms with Crippen LogP contribution < -0.4 is 18.9 Å². The Morgan fingerprint density at radius 3 is 1.05 bits per heavy atom. The smallest absolute Gasteiger partial charge is 0.162 e. The van der Waals surface area contributed by atoms with Crippen molar-refractivity contribution in [1.29, 1.82) is 0 Å². The molecule has 8 rings (SSSR count). The third kappa shape index (κ3) is 6.74. The second-order valence-electron chi connectivity index (χ2n) is 12.8. The van der Waals surface area contributed by atoms with Crippen molar-refractivity contribution in [3.05, 3.63) is 156 Å². The summed E-state index contributed by atoms with van der Waals surface area (Å²) >= 11 is 14.2. The Hall–Kier alpha value is -6.48. The Morgan fingerprint density at radius 2 is 0.714 bits per heavy atom. The van der Waals surface area contributed by atoms with Crippen LogP contribution in [0.15, 0.2) is 146 Å². The summed E-state index contributed by atoms with van der Waals surface area (Å²) in [7, 11) is 6.61. The zero-order chi connectivity index (χ0) is 38.8. The lowest BCUT2D eigenvalue weighted by atomic mass is 10.0. The third-order valence-electron chi connectivity index (χ3n) is 9.51. The maximum absolute atomic E-state index is 7.11. The summed E-state index contributed by atoms with van der Waals surface area (Å²) in [4.78, 5) is 11.0. The molecule has 0 aliphatic carbocycles. The number of methoxy groups -OCH3 is 4. The number of aromatic nitrogens is 4. The van der Waals surface area contributed by atoms with Crippen molar-refractivity contribution in [2.24, 2.45) is 0 Å². The second kappa shape index (κ2) is 15.7. The first-order valence-corrected chi connectivity index (χ1v) is 18.5. The van der Waals surface area contributed by atoms with Gasteiger partial charge in [-0.3, -0.25) is 0 Å². The zero-order valence-corrected chi connectivity index (χ0v) is 32.5. The summed E-state index contributed by atoms with van der Waals surface area (Å²) in [6.07, 6.45) is 0. The fourth-order valence-corrected chi connectivity index (χ4v) is 7.29. The molecule has 6 aromatic carbocycles.